The van der Waals surface area contributed by atoms with Gasteiger partial charge in [-0.1, -0.05) is 56.8 Å². The van der Waals surface area contributed by atoms with Crippen molar-refractivity contribution in [2.75, 3.05) is 0 Å². The van der Waals surface area contributed by atoms with Crippen LogP contribution >= 0.6 is 11.8 Å². The van der Waals surface area contributed by atoms with E-state index in [0.29, 0.717) is 0 Å². The van der Waals surface area contributed by atoms with Crippen LogP contribution in [0.4, 0.5) is 0 Å². The summed E-state index contributed by atoms with van der Waals surface area (Å²) in [5.74, 6) is 0.877. The Morgan fingerprint density at radius 3 is 2.43 bits per heavy atom. The van der Waals surface area contributed by atoms with Gasteiger partial charge in [-0.3, -0.25) is 0 Å². The van der Waals surface area contributed by atoms with Gasteiger partial charge < -0.3 is 8.83 Å². The van der Waals surface area contributed by atoms with E-state index in [1.54, 1.807) is 0 Å². The van der Waals surface area contributed by atoms with Crippen molar-refractivity contribution in [3.05, 3.63) is 65.5 Å². The molecule has 0 saturated heterocycles. The molecule has 174 valence electrons. The molecule has 0 unspecified atom stereocenters. The summed E-state index contributed by atoms with van der Waals surface area (Å²) < 4.78 is 14.8. The molecule has 0 radical (unpaired) electrons. The van der Waals surface area contributed by atoms with E-state index in [4.69, 9.17) is 8.83 Å². The summed E-state index contributed by atoms with van der Waals surface area (Å²) in [6.45, 7) is 11.3. The molecule has 3 nitrogen and oxygen atoms in total. The van der Waals surface area contributed by atoms with Crippen LogP contribution in [0.5, 0.6) is 0 Å². The first-order valence-corrected chi connectivity index (χ1v) is 13.0. The Balaban J connectivity index is 1.68. The van der Waals surface area contributed by atoms with E-state index in [-0.39, 0.29) is 5.41 Å². The number of hydrogen-bond donors (Lipinski definition) is 0. The second-order valence-electron chi connectivity index (χ2n) is 11.2. The van der Waals surface area contributed by atoms with Crippen molar-refractivity contribution < 1.29 is 13.4 Å². The third-order valence-electron chi connectivity index (χ3n) is 7.29. The Morgan fingerprint density at radius 1 is 0.886 bits per heavy atom. The van der Waals surface area contributed by atoms with Crippen molar-refractivity contribution in [3.63, 3.8) is 0 Å². The fourth-order valence-corrected chi connectivity index (χ4v) is 7.29. The molecule has 0 aliphatic carbocycles. The average Bonchev–Trinajstić information content (AvgIpc) is 3.34. The van der Waals surface area contributed by atoms with Crippen molar-refractivity contribution in [2.45, 2.75) is 50.8 Å². The highest BCUT2D eigenvalue weighted by Crippen LogP contribution is 2.55. The van der Waals surface area contributed by atoms with Crippen molar-refractivity contribution in [1.82, 2.24) is 0 Å². The molecular weight excluding hydrogens is 450 g/mol. The van der Waals surface area contributed by atoms with Crippen molar-refractivity contribution in [3.8, 4) is 11.3 Å². The van der Waals surface area contributed by atoms with Gasteiger partial charge in [0, 0.05) is 17.0 Å². The highest BCUT2D eigenvalue weighted by atomic mass is 32.2. The highest BCUT2D eigenvalue weighted by molar-refractivity contribution is 8.00. The first kappa shape index (κ1) is 21.1. The molecule has 0 bridgehead atoms. The molecule has 0 atom stereocenters. The van der Waals surface area contributed by atoms with Crippen LogP contribution in [0.2, 0.25) is 0 Å². The third-order valence-corrected chi connectivity index (χ3v) is 8.54. The van der Waals surface area contributed by atoms with Crippen molar-refractivity contribution in [2.24, 2.45) is 12.5 Å². The summed E-state index contributed by atoms with van der Waals surface area (Å²) in [7, 11) is 2.16. The maximum atomic E-state index is 6.48. The molecular formula is C31H28NO2S+. The molecule has 6 aromatic rings. The highest BCUT2D eigenvalue weighted by Gasteiger charge is 2.35. The topological polar surface area (TPSA) is 30.2 Å². The van der Waals surface area contributed by atoms with Gasteiger partial charge in [-0.05, 0) is 59.0 Å². The summed E-state index contributed by atoms with van der Waals surface area (Å²) in [6.07, 6.45) is 3.20. The maximum absolute atomic E-state index is 6.48. The number of hydrogen-bond acceptors (Lipinski definition) is 3. The summed E-state index contributed by atoms with van der Waals surface area (Å²) in [4.78, 5) is 2.56. The minimum Gasteiger partial charge on any atom is -0.457 e. The molecule has 1 aliphatic rings. The second-order valence-corrected chi connectivity index (χ2v) is 12.2. The summed E-state index contributed by atoms with van der Waals surface area (Å²) in [5, 5.41) is 6.26. The number of nitrogens with zero attached hydrogens (tertiary/aromatic N) is 1. The zero-order valence-corrected chi connectivity index (χ0v) is 21.8. The van der Waals surface area contributed by atoms with Crippen LogP contribution in [0, 0.1) is 19.3 Å². The number of benzene rings is 3. The molecule has 3 aromatic heterocycles. The number of pyridine rings is 1. The summed E-state index contributed by atoms with van der Waals surface area (Å²) in [6, 6.07) is 15.4. The normalized spacial score (nSPS) is 13.4. The van der Waals surface area contributed by atoms with Crippen LogP contribution in [-0.4, -0.2) is 0 Å². The van der Waals surface area contributed by atoms with Crippen LogP contribution in [0.25, 0.3) is 54.9 Å². The van der Waals surface area contributed by atoms with Gasteiger partial charge in [0.25, 0.3) is 0 Å². The zero-order valence-electron chi connectivity index (χ0n) is 21.0. The minimum atomic E-state index is 0.162. The number of aromatic nitrogens is 1. The van der Waals surface area contributed by atoms with Gasteiger partial charge >= 0.3 is 0 Å². The average molecular weight is 479 g/mol. The smallest absolute Gasteiger partial charge is 0.222 e. The molecule has 0 fully saturated rings. The van der Waals surface area contributed by atoms with Gasteiger partial charge in [0.2, 0.25) is 5.69 Å². The van der Waals surface area contributed by atoms with E-state index < -0.39 is 0 Å². The Kier molecular flexibility index (Phi) is 4.16. The van der Waals surface area contributed by atoms with Gasteiger partial charge in [0.1, 0.15) is 12.8 Å². The number of aryl methyl sites for hydroxylation is 3. The van der Waals surface area contributed by atoms with Crippen LogP contribution in [0.1, 0.15) is 37.7 Å². The molecule has 4 heteroatoms. The van der Waals surface area contributed by atoms with Crippen molar-refractivity contribution >= 4 is 55.4 Å². The Morgan fingerprint density at radius 2 is 1.66 bits per heavy atom. The lowest BCUT2D eigenvalue weighted by Gasteiger charge is -2.27. The third kappa shape index (κ3) is 2.89. The summed E-state index contributed by atoms with van der Waals surface area (Å²) in [5.41, 5.74) is 8.18. The lowest BCUT2D eigenvalue weighted by Crippen LogP contribution is -2.32. The molecule has 35 heavy (non-hydrogen) atoms. The second kappa shape index (κ2) is 6.92. The standard InChI is InChI=1S/C31H28NO2S/c1-16-13-23-27(33-16)21-14-18-11-12-32(6)26-24-17(2)19-9-7-8-10-20(19)22(15-31(3,4)5)29(24)35-30(25(18)26)28(21)34-23/h7-14H,15H2,1-6H3/q+1. The summed E-state index contributed by atoms with van der Waals surface area (Å²) >= 11 is 1.88. The predicted molar refractivity (Wildman–Crippen MR) is 144 cm³/mol. The fraction of sp³-hybridized carbons (Fsp3) is 0.258. The molecule has 0 N–H and O–H groups in total. The first-order valence-electron chi connectivity index (χ1n) is 12.2. The lowest BCUT2D eigenvalue weighted by atomic mass is 9.83. The van der Waals surface area contributed by atoms with E-state index in [1.807, 2.05) is 24.8 Å². The van der Waals surface area contributed by atoms with Gasteiger partial charge in [0.05, 0.1) is 21.2 Å². The molecule has 0 saturated carbocycles. The SMILES string of the molecule is Cc1cc2oc3c4c5c([n+](C)ccc5cc3c2o1)-c1c(c(CC(C)(C)C)c2ccccc2c1C)S4. The van der Waals surface area contributed by atoms with Crippen LogP contribution in [-0.2, 0) is 13.5 Å². The predicted octanol–water partition coefficient (Wildman–Crippen LogP) is 8.65. The molecule has 4 heterocycles. The van der Waals surface area contributed by atoms with E-state index in [2.05, 4.69) is 81.9 Å². The van der Waals surface area contributed by atoms with E-state index in [0.717, 1.165) is 34.3 Å². The first-order chi connectivity index (χ1) is 16.7. The van der Waals surface area contributed by atoms with Gasteiger partial charge in [-0.15, -0.1) is 0 Å². The molecule has 7 rings (SSSR count). The van der Waals surface area contributed by atoms with Crippen LogP contribution in [0.3, 0.4) is 0 Å². The van der Waals surface area contributed by atoms with Crippen molar-refractivity contribution in [1.29, 1.82) is 0 Å². The largest absolute Gasteiger partial charge is 0.457 e. The zero-order chi connectivity index (χ0) is 24.2. The van der Waals surface area contributed by atoms with E-state index >= 15 is 0 Å². The van der Waals surface area contributed by atoms with Crippen LogP contribution < -0.4 is 4.57 Å². The van der Waals surface area contributed by atoms with Gasteiger partial charge in [0.15, 0.2) is 22.9 Å². The number of fused-ring (bicyclic) bond motifs is 7. The Bertz CT molecular complexity index is 1860. The maximum Gasteiger partial charge on any atom is 0.222 e. The van der Waals surface area contributed by atoms with Gasteiger partial charge in [-0.25, -0.2) is 4.57 Å². The Labute approximate surface area is 208 Å². The fourth-order valence-electron chi connectivity index (χ4n) is 5.87. The molecule has 1 aliphatic heterocycles. The lowest BCUT2D eigenvalue weighted by molar-refractivity contribution is -0.659. The minimum absolute atomic E-state index is 0.162. The molecule has 0 spiro atoms. The van der Waals surface area contributed by atoms with E-state index in [9.17, 15) is 0 Å². The number of furan rings is 2. The molecule has 3 aromatic carbocycles. The monoisotopic (exact) mass is 478 g/mol. The van der Waals surface area contributed by atoms with Crippen LogP contribution in [0.15, 0.2) is 67.3 Å². The number of rotatable bonds is 1. The van der Waals surface area contributed by atoms with Gasteiger partial charge in [-0.2, -0.15) is 0 Å². The quantitative estimate of drug-likeness (QED) is 0.221. The van der Waals surface area contributed by atoms with E-state index in [1.165, 1.54) is 53.7 Å². The Hall–Kier alpha value is -3.24. The molecule has 0 amide bonds.